The first-order valence-corrected chi connectivity index (χ1v) is 7.98. The molecule has 1 atom stereocenters. The Hall–Kier alpha value is -3.10. The van der Waals surface area contributed by atoms with E-state index in [1.807, 2.05) is 36.4 Å². The van der Waals surface area contributed by atoms with E-state index < -0.39 is 12.1 Å². The van der Waals surface area contributed by atoms with Crippen molar-refractivity contribution < 1.29 is 9.53 Å². The fourth-order valence-corrected chi connectivity index (χ4v) is 2.43. The lowest BCUT2D eigenvalue weighted by Gasteiger charge is -2.05. The summed E-state index contributed by atoms with van der Waals surface area (Å²) >= 11 is 5.94. The molecule has 124 valence electrons. The van der Waals surface area contributed by atoms with Gasteiger partial charge < -0.3 is 4.74 Å². The zero-order valence-corrected chi connectivity index (χ0v) is 14.1. The zero-order valence-electron chi connectivity index (χ0n) is 13.4. The van der Waals surface area contributed by atoms with Gasteiger partial charge in [-0.05, 0) is 31.2 Å². The first-order chi connectivity index (χ1) is 12.1. The Balaban J connectivity index is 2.08. The Morgan fingerprint density at radius 1 is 1.20 bits per heavy atom. The molecule has 5 nitrogen and oxygen atoms in total. The molecule has 0 fully saturated rings. The van der Waals surface area contributed by atoms with Gasteiger partial charge >= 0.3 is 5.97 Å². The Labute approximate surface area is 150 Å². The average molecular weight is 352 g/mol. The van der Waals surface area contributed by atoms with Gasteiger partial charge in [0.1, 0.15) is 17.3 Å². The second kappa shape index (κ2) is 7.20. The van der Waals surface area contributed by atoms with E-state index in [1.54, 1.807) is 35.1 Å². The number of carbonyl (C=O) groups is 1. The van der Waals surface area contributed by atoms with Crippen molar-refractivity contribution >= 4 is 17.6 Å². The van der Waals surface area contributed by atoms with E-state index in [4.69, 9.17) is 21.6 Å². The third kappa shape index (κ3) is 3.70. The van der Waals surface area contributed by atoms with Gasteiger partial charge in [-0.3, -0.25) is 0 Å². The second-order valence-corrected chi connectivity index (χ2v) is 5.79. The normalized spacial score (nSPS) is 11.6. The molecule has 1 heterocycles. The fraction of sp³-hybridized carbons (Fsp3) is 0.105. The van der Waals surface area contributed by atoms with Gasteiger partial charge in [0, 0.05) is 16.8 Å². The highest BCUT2D eigenvalue weighted by molar-refractivity contribution is 6.30. The van der Waals surface area contributed by atoms with Crippen molar-refractivity contribution in [2.24, 2.45) is 0 Å². The van der Waals surface area contributed by atoms with Crippen molar-refractivity contribution in [1.82, 2.24) is 9.78 Å². The van der Waals surface area contributed by atoms with E-state index in [-0.39, 0.29) is 5.56 Å². The third-order valence-electron chi connectivity index (χ3n) is 3.54. The molecule has 0 radical (unpaired) electrons. The molecule has 0 amide bonds. The summed E-state index contributed by atoms with van der Waals surface area (Å²) in [6.45, 7) is 1.52. The number of carbonyl (C=O) groups excluding carboxylic acids is 1. The molecule has 1 aromatic heterocycles. The lowest BCUT2D eigenvalue weighted by molar-refractivity contribution is 0.0436. The molecule has 2 aromatic carbocycles. The van der Waals surface area contributed by atoms with E-state index in [1.165, 1.54) is 6.92 Å². The van der Waals surface area contributed by atoms with Gasteiger partial charge in [-0.1, -0.05) is 41.9 Å². The van der Waals surface area contributed by atoms with Gasteiger partial charge in [0.2, 0.25) is 0 Å². The molecule has 0 saturated heterocycles. The molecular weight excluding hydrogens is 338 g/mol. The molecule has 0 N–H and O–H groups in total. The van der Waals surface area contributed by atoms with E-state index >= 15 is 0 Å². The first kappa shape index (κ1) is 16.7. The number of esters is 1. The summed E-state index contributed by atoms with van der Waals surface area (Å²) in [7, 11) is 0. The topological polar surface area (TPSA) is 67.9 Å². The fourth-order valence-electron chi connectivity index (χ4n) is 2.31. The summed E-state index contributed by atoms with van der Waals surface area (Å²) in [5.41, 5.74) is 2.30. The van der Waals surface area contributed by atoms with Gasteiger partial charge in [0.25, 0.3) is 0 Å². The van der Waals surface area contributed by atoms with E-state index in [0.29, 0.717) is 10.7 Å². The highest BCUT2D eigenvalue weighted by Gasteiger charge is 2.21. The quantitative estimate of drug-likeness (QED) is 0.658. The molecule has 25 heavy (non-hydrogen) atoms. The van der Waals surface area contributed by atoms with Crippen LogP contribution in [0.5, 0.6) is 0 Å². The van der Waals surface area contributed by atoms with Crippen LogP contribution >= 0.6 is 11.6 Å². The molecule has 3 aromatic rings. The number of hydrogen-bond acceptors (Lipinski definition) is 4. The van der Waals surface area contributed by atoms with Gasteiger partial charge in [0.15, 0.2) is 6.10 Å². The van der Waals surface area contributed by atoms with E-state index in [0.717, 1.165) is 11.3 Å². The summed E-state index contributed by atoms with van der Waals surface area (Å²) in [5.74, 6) is -0.596. The standard InChI is InChI=1S/C19H14ClN3O2/c1-13(11-21)25-19(24)17-12-23(16-5-3-2-4-6-16)22-18(17)14-7-9-15(20)10-8-14/h2-10,12-13H,1H3. The molecule has 0 spiro atoms. The van der Waals surface area contributed by atoms with Crippen LogP contribution in [0.1, 0.15) is 17.3 Å². The Morgan fingerprint density at radius 3 is 2.52 bits per heavy atom. The van der Waals surface area contributed by atoms with Crippen LogP contribution < -0.4 is 0 Å². The summed E-state index contributed by atoms with van der Waals surface area (Å²) in [6, 6.07) is 18.3. The third-order valence-corrected chi connectivity index (χ3v) is 3.79. The SMILES string of the molecule is CC(C#N)OC(=O)c1cn(-c2ccccc2)nc1-c1ccc(Cl)cc1. The molecule has 0 aliphatic heterocycles. The molecule has 6 heteroatoms. The van der Waals surface area contributed by atoms with Crippen LogP contribution in [0, 0.1) is 11.3 Å². The minimum atomic E-state index is -0.842. The van der Waals surface area contributed by atoms with Gasteiger partial charge in [-0.2, -0.15) is 10.4 Å². The maximum absolute atomic E-state index is 12.5. The molecule has 0 aliphatic rings. The minimum Gasteiger partial charge on any atom is -0.444 e. The zero-order chi connectivity index (χ0) is 17.8. The lowest BCUT2D eigenvalue weighted by atomic mass is 10.1. The van der Waals surface area contributed by atoms with Gasteiger partial charge in [0.05, 0.1) is 5.69 Å². The number of rotatable bonds is 4. The number of hydrogen-bond donors (Lipinski definition) is 0. The molecule has 0 bridgehead atoms. The Morgan fingerprint density at radius 2 is 1.88 bits per heavy atom. The second-order valence-electron chi connectivity index (χ2n) is 5.36. The number of ether oxygens (including phenoxy) is 1. The summed E-state index contributed by atoms with van der Waals surface area (Å²) in [4.78, 5) is 12.5. The Kier molecular flexibility index (Phi) is 4.82. The van der Waals surface area contributed by atoms with Crippen LogP contribution in [0.2, 0.25) is 5.02 Å². The highest BCUT2D eigenvalue weighted by atomic mass is 35.5. The van der Waals surface area contributed by atoms with Crippen LogP contribution in [-0.4, -0.2) is 21.9 Å². The Bertz CT molecular complexity index is 928. The van der Waals surface area contributed by atoms with Crippen molar-refractivity contribution in [1.29, 1.82) is 5.26 Å². The number of para-hydroxylation sites is 1. The predicted molar refractivity (Wildman–Crippen MR) is 94.5 cm³/mol. The highest BCUT2D eigenvalue weighted by Crippen LogP contribution is 2.26. The van der Waals surface area contributed by atoms with Crippen molar-refractivity contribution in [3.8, 4) is 23.0 Å². The van der Waals surface area contributed by atoms with E-state index in [9.17, 15) is 4.79 Å². The average Bonchev–Trinajstić information content (AvgIpc) is 3.08. The summed E-state index contributed by atoms with van der Waals surface area (Å²) in [5, 5.41) is 14.0. The van der Waals surface area contributed by atoms with Crippen LogP contribution in [0.25, 0.3) is 16.9 Å². The summed E-state index contributed by atoms with van der Waals surface area (Å²) in [6.07, 6.45) is 0.761. The first-order valence-electron chi connectivity index (χ1n) is 7.60. The molecule has 0 saturated carbocycles. The largest absolute Gasteiger partial charge is 0.444 e. The van der Waals surface area contributed by atoms with Crippen molar-refractivity contribution in [2.75, 3.05) is 0 Å². The maximum atomic E-state index is 12.5. The smallest absolute Gasteiger partial charge is 0.343 e. The maximum Gasteiger partial charge on any atom is 0.343 e. The number of benzene rings is 2. The molecule has 0 aliphatic carbocycles. The van der Waals surface area contributed by atoms with Crippen molar-refractivity contribution in [2.45, 2.75) is 13.0 Å². The number of halogens is 1. The van der Waals surface area contributed by atoms with E-state index in [2.05, 4.69) is 5.10 Å². The molecule has 3 rings (SSSR count). The van der Waals surface area contributed by atoms with Crippen molar-refractivity contribution in [3.63, 3.8) is 0 Å². The van der Waals surface area contributed by atoms with Crippen LogP contribution in [-0.2, 0) is 4.74 Å². The lowest BCUT2D eigenvalue weighted by Crippen LogP contribution is -2.13. The van der Waals surface area contributed by atoms with Crippen molar-refractivity contribution in [3.05, 3.63) is 71.4 Å². The van der Waals surface area contributed by atoms with Crippen LogP contribution in [0.3, 0.4) is 0 Å². The van der Waals surface area contributed by atoms with Gasteiger partial charge in [-0.25, -0.2) is 9.48 Å². The summed E-state index contributed by atoms with van der Waals surface area (Å²) < 4.78 is 6.75. The minimum absolute atomic E-state index is 0.285. The monoisotopic (exact) mass is 351 g/mol. The number of aromatic nitrogens is 2. The predicted octanol–water partition coefficient (Wildman–Crippen LogP) is 4.26. The number of nitrogens with zero attached hydrogens (tertiary/aromatic N) is 3. The van der Waals surface area contributed by atoms with Gasteiger partial charge in [-0.15, -0.1) is 0 Å². The van der Waals surface area contributed by atoms with Crippen LogP contribution in [0.4, 0.5) is 0 Å². The van der Waals surface area contributed by atoms with Crippen LogP contribution in [0.15, 0.2) is 60.8 Å². The number of nitriles is 1. The molecular formula is C19H14ClN3O2. The molecule has 1 unspecified atom stereocenters.